The standard InChI is InChI=1S/C15H24O.C12H6Br4O4S/c1-6-7-8-12-10-13(15(3,4)5)14(16)9-11(12)2;13-7-1-5(2-8(14)11(7)17)21(19,20)6-3-9(15)12(18)10(16)4-6/h9-10,16H,6-8H2,1-5H3;1-4,17-18H. The van der Waals surface area contributed by atoms with Gasteiger partial charge < -0.3 is 15.3 Å². The number of benzene rings is 3. The highest BCUT2D eigenvalue weighted by atomic mass is 79.9. The molecule has 0 spiro atoms. The van der Waals surface area contributed by atoms with Crippen molar-refractivity contribution in [1.29, 1.82) is 0 Å². The van der Waals surface area contributed by atoms with Gasteiger partial charge in [0.15, 0.2) is 0 Å². The maximum Gasteiger partial charge on any atom is 0.206 e. The molecule has 0 fully saturated rings. The van der Waals surface area contributed by atoms with E-state index in [1.54, 1.807) is 0 Å². The number of rotatable bonds is 5. The number of phenolic OH excluding ortho intramolecular Hbond substituents is 3. The lowest BCUT2D eigenvalue weighted by molar-refractivity contribution is 0.445. The van der Waals surface area contributed by atoms with Gasteiger partial charge in [-0.1, -0.05) is 40.2 Å². The molecule has 3 aromatic rings. The molecule has 0 radical (unpaired) electrons. The highest BCUT2D eigenvalue weighted by Gasteiger charge is 2.23. The van der Waals surface area contributed by atoms with Crippen LogP contribution in [0.15, 0.2) is 64.1 Å². The molecule has 37 heavy (non-hydrogen) atoms. The Morgan fingerprint density at radius 1 is 0.757 bits per heavy atom. The van der Waals surface area contributed by atoms with Gasteiger partial charge in [-0.05, 0) is 136 Å². The number of unbranched alkanes of at least 4 members (excludes halogenated alkanes) is 1. The lowest BCUT2D eigenvalue weighted by atomic mass is 9.84. The van der Waals surface area contributed by atoms with Crippen molar-refractivity contribution in [2.24, 2.45) is 0 Å². The SMILES string of the molecule is CCCCc1cc(C(C)(C)C)c(O)cc1C.O=S(=O)(c1cc(Br)c(O)c(Br)c1)c1cc(Br)c(O)c(Br)c1. The molecule has 0 saturated carbocycles. The number of aromatic hydroxyl groups is 3. The summed E-state index contributed by atoms with van der Waals surface area (Å²) in [4.78, 5) is 0.00656. The van der Waals surface area contributed by atoms with E-state index in [-0.39, 0.29) is 44.6 Å². The number of hydrogen-bond acceptors (Lipinski definition) is 5. The molecule has 0 heterocycles. The minimum absolute atomic E-state index is 0.00328. The Morgan fingerprint density at radius 2 is 1.16 bits per heavy atom. The summed E-state index contributed by atoms with van der Waals surface area (Å²) in [6.07, 6.45) is 3.55. The summed E-state index contributed by atoms with van der Waals surface area (Å²) >= 11 is 12.4. The summed E-state index contributed by atoms with van der Waals surface area (Å²) in [5.41, 5.74) is 3.66. The molecule has 0 unspecified atom stereocenters. The fraction of sp³-hybridized carbons (Fsp3) is 0.333. The summed E-state index contributed by atoms with van der Waals surface area (Å²) in [5.74, 6) is 0.272. The van der Waals surface area contributed by atoms with Crippen LogP contribution in [0.1, 0.15) is 57.2 Å². The lowest BCUT2D eigenvalue weighted by Gasteiger charge is -2.22. The molecule has 3 aromatic carbocycles. The Balaban J connectivity index is 0.000000271. The maximum atomic E-state index is 12.6. The van der Waals surface area contributed by atoms with Crippen molar-refractivity contribution in [3.8, 4) is 17.2 Å². The fourth-order valence-electron chi connectivity index (χ4n) is 3.51. The van der Waals surface area contributed by atoms with Crippen molar-refractivity contribution in [2.45, 2.75) is 69.1 Å². The Hall–Kier alpha value is -1.07. The first-order valence-electron chi connectivity index (χ1n) is 11.4. The summed E-state index contributed by atoms with van der Waals surface area (Å²) in [6, 6.07) is 9.33. The predicted molar refractivity (Wildman–Crippen MR) is 163 cm³/mol. The summed E-state index contributed by atoms with van der Waals surface area (Å²) in [5, 5.41) is 29.3. The lowest BCUT2D eigenvalue weighted by Crippen LogP contribution is -2.12. The predicted octanol–water partition coefficient (Wildman–Crippen LogP) is 9.32. The molecule has 0 aliphatic heterocycles. The summed E-state index contributed by atoms with van der Waals surface area (Å²) in [7, 11) is -3.80. The van der Waals surface area contributed by atoms with Gasteiger partial charge in [0.1, 0.15) is 17.2 Å². The Kier molecular flexibility index (Phi) is 11.2. The third-order valence-electron chi connectivity index (χ3n) is 5.66. The average Bonchev–Trinajstić information content (AvgIpc) is 2.79. The van der Waals surface area contributed by atoms with Gasteiger partial charge in [-0.15, -0.1) is 0 Å². The van der Waals surface area contributed by atoms with Crippen molar-refractivity contribution in [1.82, 2.24) is 0 Å². The zero-order valence-electron chi connectivity index (χ0n) is 21.2. The van der Waals surface area contributed by atoms with Crippen molar-refractivity contribution in [3.63, 3.8) is 0 Å². The fourth-order valence-corrected chi connectivity index (χ4v) is 7.85. The van der Waals surface area contributed by atoms with E-state index < -0.39 is 9.84 Å². The van der Waals surface area contributed by atoms with E-state index in [9.17, 15) is 23.7 Å². The summed E-state index contributed by atoms with van der Waals surface area (Å²) in [6.45, 7) is 10.7. The van der Waals surface area contributed by atoms with Crippen LogP contribution in [0.25, 0.3) is 0 Å². The molecule has 5 nitrogen and oxygen atoms in total. The van der Waals surface area contributed by atoms with Gasteiger partial charge in [0.05, 0.1) is 27.7 Å². The van der Waals surface area contributed by atoms with E-state index in [4.69, 9.17) is 0 Å². The van der Waals surface area contributed by atoms with E-state index >= 15 is 0 Å². The van der Waals surface area contributed by atoms with E-state index in [0.717, 1.165) is 12.0 Å². The van der Waals surface area contributed by atoms with Gasteiger partial charge in [0.2, 0.25) is 9.84 Å². The summed E-state index contributed by atoms with van der Waals surface area (Å²) < 4.78 is 26.3. The maximum absolute atomic E-state index is 12.6. The molecule has 0 atom stereocenters. The molecule has 0 amide bonds. The minimum atomic E-state index is -3.80. The normalized spacial score (nSPS) is 11.7. The van der Waals surface area contributed by atoms with Gasteiger partial charge >= 0.3 is 0 Å². The highest BCUT2D eigenvalue weighted by molar-refractivity contribution is 9.11. The third kappa shape index (κ3) is 7.97. The zero-order chi connectivity index (χ0) is 28.3. The van der Waals surface area contributed by atoms with Crippen LogP contribution in [-0.4, -0.2) is 23.7 Å². The number of sulfone groups is 1. The van der Waals surface area contributed by atoms with Crippen LogP contribution >= 0.6 is 63.7 Å². The molecular weight excluding hydrogens is 756 g/mol. The van der Waals surface area contributed by atoms with E-state index in [0.29, 0.717) is 5.75 Å². The highest BCUT2D eigenvalue weighted by Crippen LogP contribution is 2.39. The monoisotopic (exact) mass is 782 g/mol. The molecule has 0 aromatic heterocycles. The molecule has 0 bridgehead atoms. The van der Waals surface area contributed by atoms with Crippen LogP contribution in [0.5, 0.6) is 17.2 Å². The smallest absolute Gasteiger partial charge is 0.206 e. The van der Waals surface area contributed by atoms with Crippen LogP contribution in [-0.2, 0) is 21.7 Å². The minimum Gasteiger partial charge on any atom is -0.508 e. The first-order chi connectivity index (χ1) is 17.0. The first-order valence-corrected chi connectivity index (χ1v) is 16.1. The molecule has 0 aliphatic rings. The van der Waals surface area contributed by atoms with Crippen molar-refractivity contribution >= 4 is 73.6 Å². The van der Waals surface area contributed by atoms with Gasteiger partial charge in [-0.3, -0.25) is 0 Å². The second-order valence-electron chi connectivity index (χ2n) is 9.62. The van der Waals surface area contributed by atoms with Crippen molar-refractivity contribution < 1.29 is 23.7 Å². The quantitative estimate of drug-likeness (QED) is 0.240. The molecule has 10 heteroatoms. The second kappa shape index (κ2) is 12.9. The molecule has 3 rings (SSSR count). The van der Waals surface area contributed by atoms with E-state index in [1.807, 2.05) is 6.07 Å². The van der Waals surface area contributed by atoms with Gasteiger partial charge in [-0.25, -0.2) is 8.42 Å². The van der Waals surface area contributed by atoms with Crippen LogP contribution < -0.4 is 0 Å². The number of hydrogen-bond donors (Lipinski definition) is 3. The zero-order valence-corrected chi connectivity index (χ0v) is 28.3. The molecule has 0 saturated heterocycles. The topological polar surface area (TPSA) is 94.8 Å². The van der Waals surface area contributed by atoms with Crippen LogP contribution in [0.4, 0.5) is 0 Å². The average molecular weight is 786 g/mol. The number of halogens is 4. The Labute approximate surface area is 252 Å². The van der Waals surface area contributed by atoms with Gasteiger partial charge in [0, 0.05) is 0 Å². The van der Waals surface area contributed by atoms with Gasteiger partial charge in [-0.2, -0.15) is 0 Å². The number of aryl methyl sites for hydroxylation is 2. The molecular formula is C27H30Br4O5S. The van der Waals surface area contributed by atoms with E-state index in [1.165, 1.54) is 48.2 Å². The van der Waals surface area contributed by atoms with Crippen LogP contribution in [0, 0.1) is 6.92 Å². The Bertz CT molecular complexity index is 1290. The van der Waals surface area contributed by atoms with Crippen LogP contribution in [0.3, 0.4) is 0 Å². The van der Waals surface area contributed by atoms with Crippen LogP contribution in [0.2, 0.25) is 0 Å². The molecule has 0 aliphatic carbocycles. The second-order valence-corrected chi connectivity index (χ2v) is 15.0. The van der Waals surface area contributed by atoms with Crippen molar-refractivity contribution in [3.05, 3.63) is 71.0 Å². The van der Waals surface area contributed by atoms with E-state index in [2.05, 4.69) is 104 Å². The molecule has 3 N–H and O–H groups in total. The van der Waals surface area contributed by atoms with Crippen molar-refractivity contribution in [2.75, 3.05) is 0 Å². The van der Waals surface area contributed by atoms with Gasteiger partial charge in [0.25, 0.3) is 0 Å². The molecule has 202 valence electrons. The third-order valence-corrected chi connectivity index (χ3v) is 9.79. The largest absolute Gasteiger partial charge is 0.508 e. The first kappa shape index (κ1) is 32.1. The number of phenols is 3. The Morgan fingerprint density at radius 3 is 1.51 bits per heavy atom.